The average molecular weight is 293 g/mol. The number of fused-ring (bicyclic) bond motifs is 1. The van der Waals surface area contributed by atoms with Crippen LogP contribution in [0.25, 0.3) is 11.2 Å². The minimum absolute atomic E-state index is 0.258. The van der Waals surface area contributed by atoms with Crippen molar-refractivity contribution in [2.24, 2.45) is 12.8 Å². The third-order valence-corrected chi connectivity index (χ3v) is 3.80. The van der Waals surface area contributed by atoms with Crippen molar-refractivity contribution in [3.05, 3.63) is 26.7 Å². The van der Waals surface area contributed by atoms with Crippen LogP contribution >= 0.6 is 0 Å². The second kappa shape index (κ2) is 6.26. The summed E-state index contributed by atoms with van der Waals surface area (Å²) in [5, 5.41) is 0. The van der Waals surface area contributed by atoms with Crippen LogP contribution in [0.15, 0.2) is 9.59 Å². The summed E-state index contributed by atoms with van der Waals surface area (Å²) in [7, 11) is 1.82. The fourth-order valence-corrected chi connectivity index (χ4v) is 2.62. The van der Waals surface area contributed by atoms with Gasteiger partial charge in [0, 0.05) is 26.6 Å². The zero-order valence-electron chi connectivity index (χ0n) is 12.9. The van der Waals surface area contributed by atoms with Gasteiger partial charge in [-0.25, -0.2) is 9.78 Å². The fourth-order valence-electron chi connectivity index (χ4n) is 2.62. The predicted molar refractivity (Wildman–Crippen MR) is 82.6 cm³/mol. The highest BCUT2D eigenvalue weighted by Gasteiger charge is 2.18. The second-order valence-corrected chi connectivity index (χ2v) is 5.09. The van der Waals surface area contributed by atoms with E-state index >= 15 is 0 Å². The summed E-state index contributed by atoms with van der Waals surface area (Å²) in [5.74, 6) is 0.809. The number of nitrogens with two attached hydrogens (primary N) is 1. The molecule has 0 fully saturated rings. The number of unbranched alkanes of at least 4 members (excludes halogenated alkanes) is 1. The Balaban J connectivity index is 2.73. The summed E-state index contributed by atoms with van der Waals surface area (Å²) in [6.45, 7) is 5.32. The van der Waals surface area contributed by atoms with E-state index in [0.717, 1.165) is 25.1 Å². The molecule has 0 aliphatic carbocycles. The van der Waals surface area contributed by atoms with E-state index in [1.165, 1.54) is 4.57 Å². The molecule has 0 aliphatic rings. The molecule has 0 saturated heterocycles. The molecule has 116 valence electrons. The number of rotatable bonds is 6. The maximum absolute atomic E-state index is 12.6. The van der Waals surface area contributed by atoms with Gasteiger partial charge in [0.25, 0.3) is 5.56 Å². The van der Waals surface area contributed by atoms with Gasteiger partial charge in [-0.3, -0.25) is 13.9 Å². The molecule has 2 N–H and O–H groups in total. The van der Waals surface area contributed by atoms with E-state index in [4.69, 9.17) is 5.73 Å². The van der Waals surface area contributed by atoms with E-state index < -0.39 is 0 Å². The van der Waals surface area contributed by atoms with Crippen molar-refractivity contribution in [1.29, 1.82) is 0 Å². The summed E-state index contributed by atoms with van der Waals surface area (Å²) < 4.78 is 4.67. The molecule has 7 nitrogen and oxygen atoms in total. The lowest BCUT2D eigenvalue weighted by Gasteiger charge is -2.10. The van der Waals surface area contributed by atoms with Crippen molar-refractivity contribution in [2.75, 3.05) is 6.54 Å². The maximum atomic E-state index is 12.6. The standard InChI is InChI=1S/C14H23N5O2/c1-4-10-16-12-11(17(10)3)13(20)19(9-7-6-8-15)14(21)18(12)5-2/h4-9,15H2,1-3H3. The molecule has 2 heterocycles. The first-order chi connectivity index (χ1) is 10.1. The van der Waals surface area contributed by atoms with Crippen LogP contribution in [0.2, 0.25) is 0 Å². The zero-order chi connectivity index (χ0) is 15.6. The molecule has 0 spiro atoms. The SMILES string of the molecule is CCc1nc2c(c(=O)n(CCCCN)c(=O)n2CC)n1C. The van der Waals surface area contributed by atoms with Crippen molar-refractivity contribution in [3.63, 3.8) is 0 Å². The van der Waals surface area contributed by atoms with Gasteiger partial charge in [0.05, 0.1) is 0 Å². The van der Waals surface area contributed by atoms with Crippen molar-refractivity contribution >= 4 is 11.2 Å². The molecule has 0 aromatic carbocycles. The molecule has 0 radical (unpaired) electrons. The number of imidazole rings is 1. The van der Waals surface area contributed by atoms with Crippen LogP contribution in [-0.4, -0.2) is 25.2 Å². The maximum Gasteiger partial charge on any atom is 0.332 e. The first kappa shape index (κ1) is 15.5. The highest BCUT2D eigenvalue weighted by molar-refractivity contribution is 5.71. The molecule has 2 aromatic heterocycles. The average Bonchev–Trinajstić information content (AvgIpc) is 2.80. The number of nitrogens with zero attached hydrogens (tertiary/aromatic N) is 4. The molecule has 0 amide bonds. The largest absolute Gasteiger partial charge is 0.332 e. The number of aryl methyl sites for hydroxylation is 3. The molecule has 0 saturated carbocycles. The second-order valence-electron chi connectivity index (χ2n) is 5.09. The van der Waals surface area contributed by atoms with Crippen LogP contribution in [0, 0.1) is 0 Å². The predicted octanol–water partition coefficient (Wildman–Crippen LogP) is 0.218. The zero-order valence-corrected chi connectivity index (χ0v) is 12.9. The number of hydrogen-bond donors (Lipinski definition) is 1. The summed E-state index contributed by atoms with van der Waals surface area (Å²) >= 11 is 0. The fraction of sp³-hybridized carbons (Fsp3) is 0.643. The van der Waals surface area contributed by atoms with Crippen molar-refractivity contribution < 1.29 is 0 Å². The Bertz CT molecular complexity index is 753. The van der Waals surface area contributed by atoms with E-state index in [1.54, 1.807) is 9.13 Å². The lowest BCUT2D eigenvalue weighted by molar-refractivity contribution is 0.544. The van der Waals surface area contributed by atoms with Gasteiger partial charge >= 0.3 is 5.69 Å². The van der Waals surface area contributed by atoms with E-state index in [-0.39, 0.29) is 11.2 Å². The van der Waals surface area contributed by atoms with Crippen LogP contribution in [-0.2, 0) is 26.6 Å². The van der Waals surface area contributed by atoms with Crippen molar-refractivity contribution in [3.8, 4) is 0 Å². The summed E-state index contributed by atoms with van der Waals surface area (Å²) in [6, 6.07) is 0. The lowest BCUT2D eigenvalue weighted by Crippen LogP contribution is -2.40. The first-order valence-corrected chi connectivity index (χ1v) is 7.45. The molecule has 0 atom stereocenters. The van der Waals surface area contributed by atoms with Gasteiger partial charge in [0.2, 0.25) is 0 Å². The number of hydrogen-bond acceptors (Lipinski definition) is 4. The Hall–Kier alpha value is -1.89. The Morgan fingerprint density at radius 3 is 2.43 bits per heavy atom. The Morgan fingerprint density at radius 2 is 1.86 bits per heavy atom. The van der Waals surface area contributed by atoms with Gasteiger partial charge in [-0.15, -0.1) is 0 Å². The molecule has 2 rings (SSSR count). The highest BCUT2D eigenvalue weighted by Crippen LogP contribution is 2.10. The quantitative estimate of drug-likeness (QED) is 0.772. The summed E-state index contributed by atoms with van der Waals surface area (Å²) in [4.78, 5) is 29.6. The minimum atomic E-state index is -0.284. The van der Waals surface area contributed by atoms with E-state index in [2.05, 4.69) is 4.98 Å². The topological polar surface area (TPSA) is 87.8 Å². The molecule has 0 bridgehead atoms. The van der Waals surface area contributed by atoms with Gasteiger partial charge in [0.1, 0.15) is 5.82 Å². The molecule has 0 aliphatic heterocycles. The number of aromatic nitrogens is 4. The van der Waals surface area contributed by atoms with Gasteiger partial charge in [-0.1, -0.05) is 6.92 Å². The van der Waals surface area contributed by atoms with Gasteiger partial charge in [-0.05, 0) is 26.3 Å². The van der Waals surface area contributed by atoms with Crippen LogP contribution in [0.4, 0.5) is 0 Å². The van der Waals surface area contributed by atoms with Crippen LogP contribution in [0.3, 0.4) is 0 Å². The van der Waals surface area contributed by atoms with Gasteiger partial charge < -0.3 is 10.3 Å². The van der Waals surface area contributed by atoms with E-state index in [1.807, 2.05) is 20.9 Å². The van der Waals surface area contributed by atoms with Crippen molar-refractivity contribution in [2.45, 2.75) is 46.2 Å². The molecule has 21 heavy (non-hydrogen) atoms. The van der Waals surface area contributed by atoms with E-state index in [9.17, 15) is 9.59 Å². The molecular formula is C14H23N5O2. The third-order valence-electron chi connectivity index (χ3n) is 3.80. The summed E-state index contributed by atoms with van der Waals surface area (Å²) in [5.41, 5.74) is 5.92. The first-order valence-electron chi connectivity index (χ1n) is 7.45. The Kier molecular flexibility index (Phi) is 4.62. The monoisotopic (exact) mass is 293 g/mol. The summed E-state index contributed by atoms with van der Waals surface area (Å²) in [6.07, 6.45) is 2.23. The normalized spacial score (nSPS) is 11.4. The Morgan fingerprint density at radius 1 is 1.14 bits per heavy atom. The Labute approximate surface area is 123 Å². The lowest BCUT2D eigenvalue weighted by atomic mass is 10.3. The third kappa shape index (κ3) is 2.53. The highest BCUT2D eigenvalue weighted by atomic mass is 16.2. The molecule has 0 unspecified atom stereocenters. The van der Waals surface area contributed by atoms with Crippen molar-refractivity contribution in [1.82, 2.24) is 18.7 Å². The molecule has 7 heteroatoms. The minimum Gasteiger partial charge on any atom is -0.330 e. The smallest absolute Gasteiger partial charge is 0.330 e. The van der Waals surface area contributed by atoms with Crippen LogP contribution in [0.1, 0.15) is 32.5 Å². The molecular weight excluding hydrogens is 270 g/mol. The molecule has 2 aromatic rings. The van der Waals surface area contributed by atoms with E-state index in [0.29, 0.717) is 30.8 Å². The van der Waals surface area contributed by atoms with Gasteiger partial charge in [-0.2, -0.15) is 0 Å². The van der Waals surface area contributed by atoms with Crippen LogP contribution < -0.4 is 17.0 Å². The van der Waals surface area contributed by atoms with Gasteiger partial charge in [0.15, 0.2) is 11.2 Å². The van der Waals surface area contributed by atoms with Crippen LogP contribution in [0.5, 0.6) is 0 Å².